The fourth-order valence-corrected chi connectivity index (χ4v) is 4.34. The van der Waals surface area contributed by atoms with Crippen molar-refractivity contribution in [2.24, 2.45) is 4.99 Å². The van der Waals surface area contributed by atoms with Crippen molar-refractivity contribution in [3.8, 4) is 5.69 Å². The summed E-state index contributed by atoms with van der Waals surface area (Å²) in [6.07, 6.45) is -6.17. The van der Waals surface area contributed by atoms with Crippen molar-refractivity contribution in [2.45, 2.75) is 32.0 Å². The molecule has 1 aliphatic heterocycles. The Bertz CT molecular complexity index is 1370. The van der Waals surface area contributed by atoms with Crippen LogP contribution in [0.3, 0.4) is 0 Å². The second kappa shape index (κ2) is 8.01. The Morgan fingerprint density at radius 3 is 2.62 bits per heavy atom. The number of carboxylic acid groups (broad SMARTS) is 1. The predicted molar refractivity (Wildman–Crippen MR) is 119 cm³/mol. The minimum absolute atomic E-state index is 0.0684. The van der Waals surface area contributed by atoms with Crippen LogP contribution in [0.25, 0.3) is 16.7 Å². The summed E-state index contributed by atoms with van der Waals surface area (Å²) in [5.74, 6) is -0.213. The Labute approximate surface area is 196 Å². The molecule has 0 spiro atoms. The van der Waals surface area contributed by atoms with Crippen molar-refractivity contribution >= 4 is 40.6 Å². The summed E-state index contributed by atoms with van der Waals surface area (Å²) in [4.78, 5) is 33.5. The number of amides is 2. The maximum atomic E-state index is 13.9. The number of hydrogen-bond acceptors (Lipinski definition) is 4. The first kappa shape index (κ1) is 23.6. The molecule has 3 aromatic rings. The largest absolute Gasteiger partial charge is 0.465 e. The SMILES string of the molecule is Cc1nc2ccc(Cl)c(C(F)(F)F)c2n1-c1cccc([C@]2(C)CC(=O)N(C)C(NC(=O)O)=N2)c1. The second-order valence-electron chi connectivity index (χ2n) is 8.10. The number of imidazole rings is 1. The number of nitrogens with one attached hydrogen (secondary N) is 1. The molecule has 0 radical (unpaired) electrons. The molecule has 2 N–H and O–H groups in total. The summed E-state index contributed by atoms with van der Waals surface area (Å²) in [5.41, 5.74) is -1.34. The topological polar surface area (TPSA) is 99.8 Å². The first-order valence-corrected chi connectivity index (χ1v) is 10.4. The van der Waals surface area contributed by atoms with E-state index in [1.54, 1.807) is 38.1 Å². The van der Waals surface area contributed by atoms with E-state index in [1.807, 2.05) is 0 Å². The van der Waals surface area contributed by atoms with E-state index in [4.69, 9.17) is 16.7 Å². The van der Waals surface area contributed by atoms with Crippen molar-refractivity contribution in [3.05, 3.63) is 58.4 Å². The van der Waals surface area contributed by atoms with Crippen LogP contribution < -0.4 is 5.32 Å². The molecular formula is C22H19ClF3N5O3. The fraction of sp³-hybridized carbons (Fsp3) is 0.273. The molecule has 0 unspecified atom stereocenters. The number of rotatable bonds is 2. The van der Waals surface area contributed by atoms with Crippen molar-refractivity contribution in [3.63, 3.8) is 0 Å². The lowest BCUT2D eigenvalue weighted by atomic mass is 9.87. The standard InChI is InChI=1S/C22H19ClF3N5O3/c1-11-27-15-8-7-14(23)17(22(24,25)26)18(15)31(11)13-6-4-5-12(9-13)21(2)10-16(32)30(3)19(29-21)28-20(33)34/h4-9H,10H2,1-3H3,(H,28,29)(H,33,34)/t21-/m0/s1. The molecule has 0 saturated carbocycles. The Hall–Kier alpha value is -3.60. The van der Waals surface area contributed by atoms with Crippen LogP contribution in [-0.2, 0) is 16.5 Å². The summed E-state index contributed by atoms with van der Waals surface area (Å²) < 4.78 is 43.1. The van der Waals surface area contributed by atoms with Gasteiger partial charge in [-0.15, -0.1) is 0 Å². The van der Waals surface area contributed by atoms with Crippen LogP contribution in [0.5, 0.6) is 0 Å². The van der Waals surface area contributed by atoms with Gasteiger partial charge in [0, 0.05) is 12.7 Å². The van der Waals surface area contributed by atoms with Crippen molar-refractivity contribution in [2.75, 3.05) is 7.05 Å². The first-order chi connectivity index (χ1) is 15.8. The number of halogens is 4. The van der Waals surface area contributed by atoms with Gasteiger partial charge in [-0.25, -0.2) is 14.8 Å². The highest BCUT2D eigenvalue weighted by atomic mass is 35.5. The summed E-state index contributed by atoms with van der Waals surface area (Å²) >= 11 is 5.94. The predicted octanol–water partition coefficient (Wildman–Crippen LogP) is 4.71. The number of aromatic nitrogens is 2. The van der Waals surface area contributed by atoms with E-state index in [0.29, 0.717) is 17.1 Å². The molecule has 8 nitrogen and oxygen atoms in total. The molecule has 1 aliphatic rings. The molecule has 4 rings (SSSR count). The Kier molecular flexibility index (Phi) is 5.55. The molecule has 0 saturated heterocycles. The van der Waals surface area contributed by atoms with Crippen LogP contribution in [0.2, 0.25) is 5.02 Å². The average Bonchev–Trinajstić information content (AvgIpc) is 3.06. The van der Waals surface area contributed by atoms with E-state index in [1.165, 1.54) is 17.7 Å². The van der Waals surface area contributed by atoms with E-state index in [2.05, 4.69) is 15.3 Å². The number of aliphatic imine (C=N–C) groups is 1. The van der Waals surface area contributed by atoms with Crippen LogP contribution in [0.4, 0.5) is 18.0 Å². The van der Waals surface area contributed by atoms with E-state index in [9.17, 15) is 22.8 Å². The molecule has 178 valence electrons. The monoisotopic (exact) mass is 493 g/mol. The Morgan fingerprint density at radius 1 is 1.26 bits per heavy atom. The summed E-state index contributed by atoms with van der Waals surface area (Å²) in [6.45, 7) is 3.23. The van der Waals surface area contributed by atoms with Gasteiger partial charge in [-0.05, 0) is 43.7 Å². The molecule has 0 aliphatic carbocycles. The lowest BCUT2D eigenvalue weighted by molar-refractivity contribution is -0.136. The first-order valence-electron chi connectivity index (χ1n) is 10.0. The molecule has 1 atom stereocenters. The maximum absolute atomic E-state index is 13.9. The zero-order valence-electron chi connectivity index (χ0n) is 18.2. The van der Waals surface area contributed by atoms with Crippen LogP contribution >= 0.6 is 11.6 Å². The molecule has 34 heavy (non-hydrogen) atoms. The third-order valence-electron chi connectivity index (χ3n) is 5.70. The molecule has 0 fully saturated rings. The molecular weight excluding hydrogens is 475 g/mol. The molecule has 0 bridgehead atoms. The van der Waals surface area contributed by atoms with Gasteiger partial charge in [0.15, 0.2) is 0 Å². The molecule has 2 amide bonds. The lowest BCUT2D eigenvalue weighted by Gasteiger charge is -2.34. The molecule has 2 aromatic carbocycles. The highest BCUT2D eigenvalue weighted by Gasteiger charge is 2.39. The third-order valence-corrected chi connectivity index (χ3v) is 6.02. The zero-order valence-corrected chi connectivity index (χ0v) is 19.0. The minimum Gasteiger partial charge on any atom is -0.465 e. The third kappa shape index (κ3) is 3.96. The van der Waals surface area contributed by atoms with Crippen molar-refractivity contribution in [1.29, 1.82) is 0 Å². The number of carbonyl (C=O) groups excluding carboxylic acids is 1. The van der Waals surface area contributed by atoms with Crippen LogP contribution in [0.1, 0.15) is 30.3 Å². The number of nitrogens with zero attached hydrogens (tertiary/aromatic N) is 4. The van der Waals surface area contributed by atoms with Gasteiger partial charge in [0.1, 0.15) is 11.4 Å². The van der Waals surface area contributed by atoms with E-state index >= 15 is 0 Å². The number of aryl methyl sites for hydroxylation is 1. The minimum atomic E-state index is -4.72. The quantitative estimate of drug-likeness (QED) is 0.540. The summed E-state index contributed by atoms with van der Waals surface area (Å²) in [5, 5.41) is 10.7. The number of guanidine groups is 1. The summed E-state index contributed by atoms with van der Waals surface area (Å²) in [6, 6.07) is 9.11. The molecule has 2 heterocycles. The highest BCUT2D eigenvalue weighted by molar-refractivity contribution is 6.32. The van der Waals surface area contributed by atoms with Gasteiger partial charge in [0.2, 0.25) is 11.9 Å². The van der Waals surface area contributed by atoms with Gasteiger partial charge in [-0.2, -0.15) is 13.2 Å². The van der Waals surface area contributed by atoms with Crippen molar-refractivity contribution < 1.29 is 27.9 Å². The van der Waals surface area contributed by atoms with E-state index in [0.717, 1.165) is 11.0 Å². The average molecular weight is 494 g/mol. The number of carbonyl (C=O) groups is 2. The van der Waals surface area contributed by atoms with Crippen molar-refractivity contribution in [1.82, 2.24) is 19.8 Å². The Morgan fingerprint density at radius 2 is 1.97 bits per heavy atom. The van der Waals surface area contributed by atoms with Crippen LogP contribution in [0, 0.1) is 6.92 Å². The van der Waals surface area contributed by atoms with Crippen LogP contribution in [-0.4, -0.2) is 44.6 Å². The Balaban J connectivity index is 1.92. The number of hydrogen-bond donors (Lipinski definition) is 2. The van der Waals surface area contributed by atoms with Gasteiger partial charge in [-0.3, -0.25) is 19.6 Å². The molecule has 12 heteroatoms. The van der Waals surface area contributed by atoms with E-state index < -0.39 is 28.4 Å². The van der Waals surface area contributed by atoms with Gasteiger partial charge in [0.05, 0.1) is 28.0 Å². The normalized spacial score (nSPS) is 18.9. The van der Waals surface area contributed by atoms with E-state index in [-0.39, 0.29) is 29.3 Å². The zero-order chi connectivity index (χ0) is 25.0. The molecule has 1 aromatic heterocycles. The fourth-order valence-electron chi connectivity index (χ4n) is 4.08. The lowest BCUT2D eigenvalue weighted by Crippen LogP contribution is -2.51. The maximum Gasteiger partial charge on any atom is 0.419 e. The smallest absolute Gasteiger partial charge is 0.419 e. The van der Waals surface area contributed by atoms with Gasteiger partial charge in [-0.1, -0.05) is 23.7 Å². The van der Waals surface area contributed by atoms with Gasteiger partial charge < -0.3 is 5.11 Å². The number of alkyl halides is 3. The summed E-state index contributed by atoms with van der Waals surface area (Å²) in [7, 11) is 1.40. The van der Waals surface area contributed by atoms with Gasteiger partial charge >= 0.3 is 12.3 Å². The van der Waals surface area contributed by atoms with Crippen LogP contribution in [0.15, 0.2) is 41.4 Å². The number of benzene rings is 2. The number of fused-ring (bicyclic) bond motifs is 1. The second-order valence-corrected chi connectivity index (χ2v) is 8.51. The highest BCUT2D eigenvalue weighted by Crippen LogP contribution is 2.41. The van der Waals surface area contributed by atoms with Gasteiger partial charge in [0.25, 0.3) is 0 Å².